The number of carbonyl (C=O) groups is 1. The van der Waals surface area contributed by atoms with Gasteiger partial charge in [-0.25, -0.2) is 9.97 Å². The molecule has 0 saturated heterocycles. The number of fused-ring (bicyclic) bond motifs is 1. The monoisotopic (exact) mass is 402 g/mol. The minimum Gasteiger partial charge on any atom is -0.481 e. The highest BCUT2D eigenvalue weighted by molar-refractivity contribution is 5.68. The Labute approximate surface area is 176 Å². The standard InChI is InChI=1S/C24H26N4O2/c29-23(30)14-20(18-6-2-1-3-7-18)15-28-16-22(26-17-28)10-4-9-21-12-11-19-8-5-13-25-24(19)27-21/h1-4,6-7,10-12,16-17,20H,5,8-9,13-15H2,(H,25,27)(H,29,30)/b10-4+. The summed E-state index contributed by atoms with van der Waals surface area (Å²) in [5.74, 6) is 0.125. The Bertz CT molecular complexity index is 1030. The third kappa shape index (κ3) is 5.14. The van der Waals surface area contributed by atoms with E-state index in [9.17, 15) is 9.90 Å². The predicted molar refractivity (Wildman–Crippen MR) is 117 cm³/mol. The molecule has 0 aliphatic carbocycles. The van der Waals surface area contributed by atoms with Crippen LogP contribution >= 0.6 is 0 Å². The first-order valence-corrected chi connectivity index (χ1v) is 10.3. The number of rotatable bonds is 8. The number of aliphatic carboxylic acids is 1. The van der Waals surface area contributed by atoms with E-state index in [0.29, 0.717) is 6.54 Å². The Hall–Kier alpha value is -3.41. The van der Waals surface area contributed by atoms with Crippen molar-refractivity contribution in [3.8, 4) is 0 Å². The SMILES string of the molecule is O=C(O)CC(Cn1cnc(/C=C/Cc2ccc3c(n2)NCCC3)c1)c1ccccc1. The molecule has 0 radical (unpaired) electrons. The van der Waals surface area contributed by atoms with Crippen LogP contribution in [-0.4, -0.2) is 32.2 Å². The molecule has 154 valence electrons. The molecule has 0 amide bonds. The largest absolute Gasteiger partial charge is 0.481 e. The van der Waals surface area contributed by atoms with Gasteiger partial charge in [-0.05, 0) is 36.1 Å². The summed E-state index contributed by atoms with van der Waals surface area (Å²) in [6.45, 7) is 1.57. The average molecular weight is 402 g/mol. The predicted octanol–water partition coefficient (Wildman–Crippen LogP) is 4.15. The molecule has 4 rings (SSSR count). The zero-order valence-corrected chi connectivity index (χ0v) is 16.9. The molecule has 1 aromatic carbocycles. The number of nitrogens with one attached hydrogen (secondary N) is 1. The molecule has 1 aliphatic rings. The molecular weight excluding hydrogens is 376 g/mol. The second kappa shape index (κ2) is 9.39. The number of hydrogen-bond donors (Lipinski definition) is 2. The van der Waals surface area contributed by atoms with Crippen molar-refractivity contribution in [1.29, 1.82) is 0 Å². The smallest absolute Gasteiger partial charge is 0.304 e. The molecule has 0 saturated carbocycles. The van der Waals surface area contributed by atoms with E-state index in [1.54, 1.807) is 6.33 Å². The summed E-state index contributed by atoms with van der Waals surface area (Å²) in [6, 6.07) is 14.0. The normalized spacial score (nSPS) is 14.3. The van der Waals surface area contributed by atoms with Gasteiger partial charge in [0.25, 0.3) is 0 Å². The number of carboxylic acid groups (broad SMARTS) is 1. The van der Waals surface area contributed by atoms with Crippen molar-refractivity contribution in [2.24, 2.45) is 0 Å². The third-order valence-electron chi connectivity index (χ3n) is 5.34. The quantitative estimate of drug-likeness (QED) is 0.592. The molecule has 6 heteroatoms. The maximum Gasteiger partial charge on any atom is 0.304 e. The van der Waals surface area contributed by atoms with Gasteiger partial charge in [0.1, 0.15) is 5.82 Å². The maximum atomic E-state index is 11.3. The maximum absolute atomic E-state index is 11.3. The van der Waals surface area contributed by atoms with Gasteiger partial charge in [-0.15, -0.1) is 0 Å². The van der Waals surface area contributed by atoms with Crippen molar-refractivity contribution in [2.45, 2.75) is 38.1 Å². The molecular formula is C24H26N4O2. The van der Waals surface area contributed by atoms with Crippen LogP contribution in [0, 0.1) is 0 Å². The van der Waals surface area contributed by atoms with Crippen LogP contribution in [0.3, 0.4) is 0 Å². The van der Waals surface area contributed by atoms with Crippen molar-refractivity contribution in [3.05, 3.63) is 83.6 Å². The molecule has 1 aliphatic heterocycles. The number of allylic oxidation sites excluding steroid dienone is 1. The fourth-order valence-electron chi connectivity index (χ4n) is 3.82. The first-order chi connectivity index (χ1) is 14.7. The average Bonchev–Trinajstić information content (AvgIpc) is 3.21. The number of aryl methyl sites for hydroxylation is 1. The summed E-state index contributed by atoms with van der Waals surface area (Å²) in [6.07, 6.45) is 10.9. The minimum atomic E-state index is -0.795. The van der Waals surface area contributed by atoms with Gasteiger partial charge in [-0.2, -0.15) is 0 Å². The highest BCUT2D eigenvalue weighted by atomic mass is 16.4. The molecule has 6 nitrogen and oxygen atoms in total. The zero-order valence-electron chi connectivity index (χ0n) is 16.9. The first-order valence-electron chi connectivity index (χ1n) is 10.3. The van der Waals surface area contributed by atoms with Gasteiger partial charge in [0.2, 0.25) is 0 Å². The Morgan fingerprint density at radius 1 is 1.23 bits per heavy atom. The topological polar surface area (TPSA) is 80.0 Å². The number of hydrogen-bond acceptors (Lipinski definition) is 4. The molecule has 0 bridgehead atoms. The van der Waals surface area contributed by atoms with Crippen molar-refractivity contribution in [1.82, 2.24) is 14.5 Å². The van der Waals surface area contributed by atoms with E-state index in [1.807, 2.05) is 47.2 Å². The van der Waals surface area contributed by atoms with Gasteiger partial charge in [0.05, 0.1) is 18.4 Å². The highest BCUT2D eigenvalue weighted by Gasteiger charge is 2.16. The van der Waals surface area contributed by atoms with Crippen molar-refractivity contribution in [2.75, 3.05) is 11.9 Å². The number of benzene rings is 1. The summed E-state index contributed by atoms with van der Waals surface area (Å²) < 4.78 is 1.96. The lowest BCUT2D eigenvalue weighted by atomic mass is 9.96. The lowest BCUT2D eigenvalue weighted by Crippen LogP contribution is -2.13. The van der Waals surface area contributed by atoms with E-state index in [2.05, 4.69) is 28.5 Å². The van der Waals surface area contributed by atoms with Crippen molar-refractivity contribution >= 4 is 17.9 Å². The number of nitrogens with zero attached hydrogens (tertiary/aromatic N) is 3. The Kier molecular flexibility index (Phi) is 6.23. The summed E-state index contributed by atoms with van der Waals surface area (Å²) in [5, 5.41) is 12.6. The fraction of sp³-hybridized carbons (Fsp3) is 0.292. The Morgan fingerprint density at radius 2 is 2.10 bits per heavy atom. The van der Waals surface area contributed by atoms with E-state index in [-0.39, 0.29) is 12.3 Å². The van der Waals surface area contributed by atoms with E-state index < -0.39 is 5.97 Å². The number of aromatic nitrogens is 3. The van der Waals surface area contributed by atoms with Crippen LogP contribution in [-0.2, 0) is 24.2 Å². The van der Waals surface area contributed by atoms with Gasteiger partial charge < -0.3 is 15.0 Å². The highest BCUT2D eigenvalue weighted by Crippen LogP contribution is 2.22. The van der Waals surface area contributed by atoms with Gasteiger partial charge in [0, 0.05) is 37.3 Å². The minimum absolute atomic E-state index is 0.0887. The summed E-state index contributed by atoms with van der Waals surface area (Å²) in [7, 11) is 0. The van der Waals surface area contributed by atoms with Gasteiger partial charge in [0.15, 0.2) is 0 Å². The fourth-order valence-corrected chi connectivity index (χ4v) is 3.82. The lowest BCUT2D eigenvalue weighted by molar-refractivity contribution is -0.137. The van der Waals surface area contributed by atoms with Crippen LogP contribution < -0.4 is 5.32 Å². The molecule has 2 N–H and O–H groups in total. The number of pyridine rings is 1. The first kappa shape index (κ1) is 19.9. The molecule has 30 heavy (non-hydrogen) atoms. The zero-order chi connectivity index (χ0) is 20.8. The molecule has 0 spiro atoms. The van der Waals surface area contributed by atoms with Crippen molar-refractivity contribution < 1.29 is 9.90 Å². The Morgan fingerprint density at radius 3 is 2.93 bits per heavy atom. The number of carboxylic acids is 1. The Balaban J connectivity index is 1.39. The van der Waals surface area contributed by atoms with Crippen LogP contribution in [0.25, 0.3) is 6.08 Å². The molecule has 3 heterocycles. The van der Waals surface area contributed by atoms with E-state index >= 15 is 0 Å². The van der Waals surface area contributed by atoms with Crippen LogP contribution in [0.4, 0.5) is 5.82 Å². The van der Waals surface area contributed by atoms with Crippen LogP contribution in [0.1, 0.15) is 41.3 Å². The van der Waals surface area contributed by atoms with Gasteiger partial charge >= 0.3 is 5.97 Å². The summed E-state index contributed by atoms with van der Waals surface area (Å²) >= 11 is 0. The molecule has 3 aromatic rings. The second-order valence-electron chi connectivity index (χ2n) is 7.65. The van der Waals surface area contributed by atoms with E-state index in [1.165, 1.54) is 5.56 Å². The molecule has 1 unspecified atom stereocenters. The number of anilines is 1. The van der Waals surface area contributed by atoms with Crippen LogP contribution in [0.2, 0.25) is 0 Å². The van der Waals surface area contributed by atoms with Crippen LogP contribution in [0.5, 0.6) is 0 Å². The van der Waals surface area contributed by atoms with Crippen LogP contribution in [0.15, 0.2) is 61.1 Å². The summed E-state index contributed by atoms with van der Waals surface area (Å²) in [5.41, 5.74) is 4.21. The lowest BCUT2D eigenvalue weighted by Gasteiger charge is -2.17. The van der Waals surface area contributed by atoms with E-state index in [4.69, 9.17) is 4.98 Å². The van der Waals surface area contributed by atoms with E-state index in [0.717, 1.165) is 48.6 Å². The number of imidazole rings is 1. The van der Waals surface area contributed by atoms with Gasteiger partial charge in [-0.1, -0.05) is 42.5 Å². The molecule has 1 atom stereocenters. The molecule has 0 fully saturated rings. The van der Waals surface area contributed by atoms with Crippen molar-refractivity contribution in [3.63, 3.8) is 0 Å². The summed E-state index contributed by atoms with van der Waals surface area (Å²) in [4.78, 5) is 20.4. The molecule has 2 aromatic heterocycles. The third-order valence-corrected chi connectivity index (χ3v) is 5.34. The second-order valence-corrected chi connectivity index (χ2v) is 7.65. The van der Waals surface area contributed by atoms with Gasteiger partial charge in [-0.3, -0.25) is 4.79 Å².